The number of imidazole rings is 1. The zero-order chi connectivity index (χ0) is 23.4. The first-order valence-electron chi connectivity index (χ1n) is 10.6. The number of halogens is 2. The van der Waals surface area contributed by atoms with E-state index in [1.807, 2.05) is 66.9 Å². The highest BCUT2D eigenvalue weighted by Gasteiger charge is 2.11. The van der Waals surface area contributed by atoms with Crippen molar-refractivity contribution in [2.45, 2.75) is 19.9 Å². The monoisotopic (exact) mass is 476 g/mol. The number of nitrogens with zero attached hydrogens (tertiary/aromatic N) is 2. The lowest BCUT2D eigenvalue weighted by Crippen LogP contribution is -1.97. The van der Waals surface area contributed by atoms with E-state index in [1.165, 1.54) is 0 Å². The zero-order valence-corrected chi connectivity index (χ0v) is 19.5. The number of aryl methyl sites for hydroxylation is 1. The molecule has 33 heavy (non-hydrogen) atoms. The van der Waals surface area contributed by atoms with Gasteiger partial charge in [-0.2, -0.15) is 0 Å². The first kappa shape index (κ1) is 22.8. The third kappa shape index (κ3) is 5.36. The van der Waals surface area contributed by atoms with Crippen molar-refractivity contribution in [2.75, 3.05) is 0 Å². The van der Waals surface area contributed by atoms with Gasteiger partial charge >= 0.3 is 5.97 Å². The van der Waals surface area contributed by atoms with Crippen LogP contribution in [-0.2, 0) is 6.54 Å². The summed E-state index contributed by atoms with van der Waals surface area (Å²) in [5.41, 5.74) is 4.97. The minimum Gasteiger partial charge on any atom is -0.478 e. The Kier molecular flexibility index (Phi) is 6.97. The van der Waals surface area contributed by atoms with E-state index in [9.17, 15) is 4.79 Å². The molecule has 0 spiro atoms. The van der Waals surface area contributed by atoms with Crippen molar-refractivity contribution >= 4 is 41.3 Å². The Hall–Kier alpha value is -3.34. The summed E-state index contributed by atoms with van der Waals surface area (Å²) < 4.78 is 2.12. The standard InChI is InChI=1S/C27H22Cl2N2O2/c1-2-15-31-17-25(23-13-12-22(28)16-24(23)29)30-26(31)14-5-18-3-6-19(7-4-18)20-8-10-21(11-9-20)27(32)33/h3-14,16-17H,2,15H2,1H3,(H,32,33)/b14-5+. The number of hydrogen-bond acceptors (Lipinski definition) is 2. The molecule has 4 rings (SSSR count). The molecular formula is C27H22Cl2N2O2. The Morgan fingerprint density at radius 1 is 0.970 bits per heavy atom. The maximum atomic E-state index is 11.0. The number of hydrogen-bond donors (Lipinski definition) is 1. The van der Waals surface area contributed by atoms with Crippen molar-refractivity contribution in [3.05, 3.63) is 99.9 Å². The van der Waals surface area contributed by atoms with Gasteiger partial charge in [0, 0.05) is 23.3 Å². The van der Waals surface area contributed by atoms with Crippen LogP contribution in [0.3, 0.4) is 0 Å². The number of aromatic carboxylic acids is 1. The van der Waals surface area contributed by atoms with Gasteiger partial charge in [-0.05, 0) is 59.5 Å². The third-order valence-electron chi connectivity index (χ3n) is 5.28. The summed E-state index contributed by atoms with van der Waals surface area (Å²) in [4.78, 5) is 15.8. The molecule has 1 N–H and O–H groups in total. The molecule has 0 radical (unpaired) electrons. The number of benzene rings is 3. The molecule has 0 unspecified atom stereocenters. The summed E-state index contributed by atoms with van der Waals surface area (Å²) in [6.07, 6.45) is 7.03. The molecule has 0 bridgehead atoms. The van der Waals surface area contributed by atoms with Crippen molar-refractivity contribution in [2.24, 2.45) is 0 Å². The maximum Gasteiger partial charge on any atom is 0.335 e. The van der Waals surface area contributed by atoms with Crippen LogP contribution < -0.4 is 0 Å². The van der Waals surface area contributed by atoms with Gasteiger partial charge < -0.3 is 9.67 Å². The molecule has 0 aliphatic carbocycles. The largest absolute Gasteiger partial charge is 0.478 e. The summed E-state index contributed by atoms with van der Waals surface area (Å²) in [6, 6.07) is 20.4. The van der Waals surface area contributed by atoms with Gasteiger partial charge in [0.2, 0.25) is 0 Å². The quantitative estimate of drug-likeness (QED) is 0.295. The number of carboxylic acids is 1. The Bertz CT molecular complexity index is 1310. The van der Waals surface area contributed by atoms with Gasteiger partial charge in [-0.25, -0.2) is 9.78 Å². The van der Waals surface area contributed by atoms with Crippen molar-refractivity contribution in [3.8, 4) is 22.4 Å². The van der Waals surface area contributed by atoms with Crippen molar-refractivity contribution in [1.29, 1.82) is 0 Å². The SMILES string of the molecule is CCCn1cc(-c2ccc(Cl)cc2Cl)nc1/C=C/c1ccc(-c2ccc(C(=O)O)cc2)cc1. The minimum absolute atomic E-state index is 0.278. The molecule has 3 aromatic carbocycles. The molecule has 6 heteroatoms. The van der Waals surface area contributed by atoms with Crippen LogP contribution in [0.1, 0.15) is 35.1 Å². The second-order valence-electron chi connectivity index (χ2n) is 7.64. The molecule has 0 saturated carbocycles. The Morgan fingerprint density at radius 3 is 2.24 bits per heavy atom. The molecule has 4 aromatic rings. The fourth-order valence-electron chi connectivity index (χ4n) is 3.57. The topological polar surface area (TPSA) is 55.1 Å². The minimum atomic E-state index is -0.926. The van der Waals surface area contributed by atoms with Gasteiger partial charge in [0.15, 0.2) is 0 Å². The Morgan fingerprint density at radius 2 is 1.64 bits per heavy atom. The van der Waals surface area contributed by atoms with Crippen LogP contribution >= 0.6 is 23.2 Å². The molecule has 0 amide bonds. The third-order valence-corrected chi connectivity index (χ3v) is 5.83. The van der Waals surface area contributed by atoms with Crippen molar-refractivity contribution < 1.29 is 9.90 Å². The van der Waals surface area contributed by atoms with E-state index >= 15 is 0 Å². The van der Waals surface area contributed by atoms with E-state index in [4.69, 9.17) is 33.3 Å². The molecule has 0 aliphatic heterocycles. The highest BCUT2D eigenvalue weighted by molar-refractivity contribution is 6.36. The second-order valence-corrected chi connectivity index (χ2v) is 8.48. The van der Waals surface area contributed by atoms with Crippen LogP contribution in [0.5, 0.6) is 0 Å². The highest BCUT2D eigenvalue weighted by atomic mass is 35.5. The van der Waals surface area contributed by atoms with Gasteiger partial charge in [0.25, 0.3) is 0 Å². The summed E-state index contributed by atoms with van der Waals surface area (Å²) in [5.74, 6) is -0.0730. The Labute approximate surface area is 202 Å². The normalized spacial score (nSPS) is 11.2. The number of rotatable bonds is 7. The first-order valence-corrected chi connectivity index (χ1v) is 11.3. The van der Waals surface area contributed by atoms with Crippen LogP contribution in [0.25, 0.3) is 34.5 Å². The van der Waals surface area contributed by atoms with E-state index in [0.717, 1.165) is 46.7 Å². The smallest absolute Gasteiger partial charge is 0.335 e. The molecule has 4 nitrogen and oxygen atoms in total. The molecule has 1 aromatic heterocycles. The molecule has 1 heterocycles. The number of aromatic nitrogens is 2. The van der Waals surface area contributed by atoms with Crippen LogP contribution in [0.15, 0.2) is 72.9 Å². The van der Waals surface area contributed by atoms with E-state index in [0.29, 0.717) is 10.0 Å². The average molecular weight is 477 g/mol. The summed E-state index contributed by atoms with van der Waals surface area (Å²) in [6.45, 7) is 2.98. The van der Waals surface area contributed by atoms with E-state index in [-0.39, 0.29) is 5.56 Å². The lowest BCUT2D eigenvalue weighted by Gasteiger charge is -2.04. The van der Waals surface area contributed by atoms with Crippen LogP contribution in [0.4, 0.5) is 0 Å². The summed E-state index contributed by atoms with van der Waals surface area (Å²) in [7, 11) is 0. The lowest BCUT2D eigenvalue weighted by atomic mass is 10.0. The van der Waals surface area contributed by atoms with Gasteiger partial charge in [0.05, 0.1) is 16.3 Å². The van der Waals surface area contributed by atoms with Crippen molar-refractivity contribution in [1.82, 2.24) is 9.55 Å². The second kappa shape index (κ2) is 10.1. The van der Waals surface area contributed by atoms with Gasteiger partial charge in [-0.15, -0.1) is 0 Å². The first-order chi connectivity index (χ1) is 15.9. The van der Waals surface area contributed by atoms with Gasteiger partial charge in [-0.3, -0.25) is 0 Å². The molecule has 0 aliphatic rings. The average Bonchev–Trinajstić information content (AvgIpc) is 3.20. The van der Waals surface area contributed by atoms with Gasteiger partial charge in [0.1, 0.15) is 5.82 Å². The highest BCUT2D eigenvalue weighted by Crippen LogP contribution is 2.30. The zero-order valence-electron chi connectivity index (χ0n) is 18.0. The summed E-state index contributed by atoms with van der Waals surface area (Å²) in [5, 5.41) is 10.2. The predicted octanol–water partition coefficient (Wildman–Crippen LogP) is 7.80. The number of carbonyl (C=O) groups is 1. The maximum absolute atomic E-state index is 11.0. The fourth-order valence-corrected chi connectivity index (χ4v) is 4.08. The van der Waals surface area contributed by atoms with Crippen LogP contribution in [-0.4, -0.2) is 20.6 Å². The van der Waals surface area contributed by atoms with Gasteiger partial charge in [-0.1, -0.05) is 72.6 Å². The van der Waals surface area contributed by atoms with E-state index in [2.05, 4.69) is 11.5 Å². The number of carboxylic acid groups (broad SMARTS) is 1. The molecule has 0 atom stereocenters. The molecule has 166 valence electrons. The van der Waals surface area contributed by atoms with E-state index in [1.54, 1.807) is 18.2 Å². The fraction of sp³-hybridized carbons (Fsp3) is 0.111. The van der Waals surface area contributed by atoms with Crippen LogP contribution in [0.2, 0.25) is 10.0 Å². The summed E-state index contributed by atoms with van der Waals surface area (Å²) >= 11 is 12.4. The molecular weight excluding hydrogens is 455 g/mol. The molecule has 0 saturated heterocycles. The van der Waals surface area contributed by atoms with Crippen molar-refractivity contribution in [3.63, 3.8) is 0 Å². The van der Waals surface area contributed by atoms with Crippen LogP contribution in [0, 0.1) is 0 Å². The lowest BCUT2D eigenvalue weighted by molar-refractivity contribution is 0.0697. The molecule has 0 fully saturated rings. The Balaban J connectivity index is 1.56. The predicted molar refractivity (Wildman–Crippen MR) is 136 cm³/mol. The van der Waals surface area contributed by atoms with E-state index < -0.39 is 5.97 Å².